The predicted octanol–water partition coefficient (Wildman–Crippen LogP) is 4.35. The minimum Gasteiger partial charge on any atom is -0.455 e. The van der Waals surface area contributed by atoms with Gasteiger partial charge in [-0.3, -0.25) is 14.4 Å². The summed E-state index contributed by atoms with van der Waals surface area (Å²) in [6, 6.07) is 13.5. The number of ether oxygens (including phenoxy) is 1. The molecule has 6 nitrogen and oxygen atoms in total. The maximum atomic E-state index is 12.6. The number of nitrogens with zero attached hydrogens (tertiary/aromatic N) is 1. The van der Waals surface area contributed by atoms with E-state index in [-0.39, 0.29) is 25.5 Å². The fourth-order valence-corrected chi connectivity index (χ4v) is 3.86. The number of aryl methyl sites for hydroxylation is 2. The Morgan fingerprint density at radius 1 is 1.19 bits per heavy atom. The monoisotopic (exact) mass is 422 g/mol. The molecule has 0 aliphatic carbocycles. The Kier molecular flexibility index (Phi) is 7.10. The van der Waals surface area contributed by atoms with Crippen molar-refractivity contribution in [3.63, 3.8) is 0 Å². The third kappa shape index (κ3) is 5.32. The zero-order valence-electron chi connectivity index (χ0n) is 18.6. The fourth-order valence-electron chi connectivity index (χ4n) is 3.86. The van der Waals surface area contributed by atoms with Crippen LogP contribution in [-0.2, 0) is 19.1 Å². The van der Waals surface area contributed by atoms with Crippen molar-refractivity contribution >= 4 is 29.2 Å². The van der Waals surface area contributed by atoms with Crippen molar-refractivity contribution in [3.8, 4) is 0 Å². The second-order valence-corrected chi connectivity index (χ2v) is 8.25. The van der Waals surface area contributed by atoms with Crippen LogP contribution in [0.15, 0.2) is 42.5 Å². The average Bonchev–Trinajstić information content (AvgIpc) is 3.15. The molecule has 2 aromatic carbocycles. The second kappa shape index (κ2) is 9.77. The highest BCUT2D eigenvalue weighted by Crippen LogP contribution is 2.33. The number of rotatable bonds is 7. The summed E-state index contributed by atoms with van der Waals surface area (Å²) < 4.78 is 5.23. The first-order chi connectivity index (χ1) is 14.8. The van der Waals surface area contributed by atoms with Crippen LogP contribution >= 0.6 is 0 Å². The van der Waals surface area contributed by atoms with Gasteiger partial charge in [-0.05, 0) is 49.4 Å². The zero-order chi connectivity index (χ0) is 22.5. The minimum absolute atomic E-state index is 0.0896. The number of benzene rings is 2. The van der Waals surface area contributed by atoms with Crippen molar-refractivity contribution in [2.75, 3.05) is 23.4 Å². The lowest BCUT2D eigenvalue weighted by molar-refractivity contribution is -0.151. The average molecular weight is 423 g/mol. The number of anilines is 2. The number of nitrogens with one attached hydrogen (secondary N) is 1. The van der Waals surface area contributed by atoms with Gasteiger partial charge in [-0.1, -0.05) is 49.7 Å². The van der Waals surface area contributed by atoms with Crippen molar-refractivity contribution in [2.24, 2.45) is 5.92 Å². The van der Waals surface area contributed by atoms with Crippen molar-refractivity contribution in [3.05, 3.63) is 59.2 Å². The molecule has 0 bridgehead atoms. The van der Waals surface area contributed by atoms with Crippen LogP contribution in [0.4, 0.5) is 11.4 Å². The van der Waals surface area contributed by atoms with E-state index < -0.39 is 17.8 Å². The highest BCUT2D eigenvalue weighted by molar-refractivity contribution is 6.00. The maximum absolute atomic E-state index is 12.6. The molecular formula is C25H30N2O4. The van der Waals surface area contributed by atoms with Crippen LogP contribution < -0.4 is 10.2 Å². The van der Waals surface area contributed by atoms with Crippen LogP contribution in [0, 0.1) is 19.8 Å². The third-order valence-electron chi connectivity index (χ3n) is 5.83. The lowest BCUT2D eigenvalue weighted by Crippen LogP contribution is -2.29. The SMILES string of the molecule is CC[C@@H](C)c1ccccc1N1C[C@@H](C(=O)OCC(=O)Nc2ccc(C)cc2C)CC1=O. The number of carbonyl (C=O) groups excluding carboxylic acids is 3. The van der Waals surface area contributed by atoms with Crippen LogP contribution in [-0.4, -0.2) is 30.9 Å². The molecule has 164 valence electrons. The van der Waals surface area contributed by atoms with Gasteiger partial charge in [0.05, 0.1) is 5.92 Å². The largest absolute Gasteiger partial charge is 0.455 e. The maximum Gasteiger partial charge on any atom is 0.311 e. The first kappa shape index (κ1) is 22.5. The summed E-state index contributed by atoms with van der Waals surface area (Å²) in [7, 11) is 0. The van der Waals surface area contributed by atoms with Crippen LogP contribution in [0.3, 0.4) is 0 Å². The quantitative estimate of drug-likeness (QED) is 0.673. The molecular weight excluding hydrogens is 392 g/mol. The summed E-state index contributed by atoms with van der Waals surface area (Å²) >= 11 is 0. The molecule has 0 radical (unpaired) electrons. The van der Waals surface area contributed by atoms with Gasteiger partial charge in [-0.2, -0.15) is 0 Å². The highest BCUT2D eigenvalue weighted by atomic mass is 16.5. The van der Waals surface area contributed by atoms with E-state index in [4.69, 9.17) is 4.74 Å². The van der Waals surface area contributed by atoms with Crippen LogP contribution in [0.5, 0.6) is 0 Å². The summed E-state index contributed by atoms with van der Waals surface area (Å²) in [5, 5.41) is 2.76. The lowest BCUT2D eigenvalue weighted by Gasteiger charge is -2.23. The van der Waals surface area contributed by atoms with Crippen molar-refractivity contribution < 1.29 is 19.1 Å². The summed E-state index contributed by atoms with van der Waals surface area (Å²) in [5.74, 6) is -1.29. The predicted molar refractivity (Wildman–Crippen MR) is 121 cm³/mol. The van der Waals surface area contributed by atoms with Gasteiger partial charge in [-0.25, -0.2) is 0 Å². The van der Waals surface area contributed by atoms with Crippen molar-refractivity contribution in [2.45, 2.75) is 46.5 Å². The summed E-state index contributed by atoms with van der Waals surface area (Å²) in [6.45, 7) is 8.01. The molecule has 1 aliphatic rings. The first-order valence-corrected chi connectivity index (χ1v) is 10.7. The van der Waals surface area contributed by atoms with E-state index in [1.807, 2.05) is 56.3 Å². The van der Waals surface area contributed by atoms with Gasteiger partial charge in [0.25, 0.3) is 5.91 Å². The normalized spacial score (nSPS) is 16.8. The molecule has 1 aliphatic heterocycles. The number of amides is 2. The Balaban J connectivity index is 1.59. The lowest BCUT2D eigenvalue weighted by atomic mass is 9.96. The molecule has 2 amide bonds. The fraction of sp³-hybridized carbons (Fsp3) is 0.400. The third-order valence-corrected chi connectivity index (χ3v) is 5.83. The van der Waals surface area contributed by atoms with Gasteiger partial charge in [0, 0.05) is 24.3 Å². The molecule has 31 heavy (non-hydrogen) atoms. The van der Waals surface area contributed by atoms with Gasteiger partial charge in [0.15, 0.2) is 6.61 Å². The van der Waals surface area contributed by atoms with E-state index in [1.165, 1.54) is 0 Å². The van der Waals surface area contributed by atoms with Crippen LogP contribution in [0.2, 0.25) is 0 Å². The molecule has 0 spiro atoms. The van der Waals surface area contributed by atoms with E-state index in [1.54, 1.807) is 4.90 Å². The van der Waals surface area contributed by atoms with E-state index >= 15 is 0 Å². The summed E-state index contributed by atoms with van der Waals surface area (Å²) in [6.07, 6.45) is 1.05. The molecule has 3 rings (SSSR count). The molecule has 0 unspecified atom stereocenters. The van der Waals surface area contributed by atoms with Crippen LogP contribution in [0.25, 0.3) is 0 Å². The van der Waals surface area contributed by atoms with Gasteiger partial charge in [0.2, 0.25) is 5.91 Å². The van der Waals surface area contributed by atoms with Gasteiger partial charge in [-0.15, -0.1) is 0 Å². The number of esters is 1. The van der Waals surface area contributed by atoms with Crippen molar-refractivity contribution in [1.29, 1.82) is 0 Å². The van der Waals surface area contributed by atoms with Gasteiger partial charge in [0.1, 0.15) is 0 Å². The minimum atomic E-state index is -0.577. The first-order valence-electron chi connectivity index (χ1n) is 10.7. The number of para-hydroxylation sites is 1. The molecule has 0 aromatic heterocycles. The van der Waals surface area contributed by atoms with Crippen molar-refractivity contribution in [1.82, 2.24) is 0 Å². The van der Waals surface area contributed by atoms with E-state index in [0.717, 1.165) is 28.8 Å². The van der Waals surface area contributed by atoms with E-state index in [2.05, 4.69) is 19.2 Å². The highest BCUT2D eigenvalue weighted by Gasteiger charge is 2.37. The molecule has 1 N–H and O–H groups in total. The molecule has 2 atom stereocenters. The Hall–Kier alpha value is -3.15. The topological polar surface area (TPSA) is 75.7 Å². The molecule has 0 saturated carbocycles. The standard InChI is InChI=1S/C25H30N2O4/c1-5-17(3)20-8-6-7-9-22(20)27-14-19(13-24(27)29)25(30)31-15-23(28)26-21-11-10-16(2)12-18(21)4/h6-12,17,19H,5,13-15H2,1-4H3,(H,26,28)/t17-,19+/m1/s1. The molecule has 1 fully saturated rings. The van der Waals surface area contributed by atoms with E-state index in [9.17, 15) is 14.4 Å². The molecule has 2 aromatic rings. The number of hydrogen-bond donors (Lipinski definition) is 1. The number of hydrogen-bond acceptors (Lipinski definition) is 4. The zero-order valence-corrected chi connectivity index (χ0v) is 18.6. The van der Waals surface area contributed by atoms with Gasteiger partial charge < -0.3 is 15.0 Å². The van der Waals surface area contributed by atoms with E-state index in [0.29, 0.717) is 11.6 Å². The van der Waals surface area contributed by atoms with Crippen LogP contribution in [0.1, 0.15) is 49.3 Å². The summed E-state index contributed by atoms with van der Waals surface area (Å²) in [4.78, 5) is 39.0. The number of carbonyl (C=O) groups is 3. The Bertz CT molecular complexity index is 985. The Morgan fingerprint density at radius 3 is 2.65 bits per heavy atom. The molecule has 1 heterocycles. The van der Waals surface area contributed by atoms with Gasteiger partial charge >= 0.3 is 5.97 Å². The molecule has 1 saturated heterocycles. The Morgan fingerprint density at radius 2 is 1.94 bits per heavy atom. The molecule has 6 heteroatoms. The Labute approximate surface area is 183 Å². The smallest absolute Gasteiger partial charge is 0.311 e. The second-order valence-electron chi connectivity index (χ2n) is 8.25. The summed E-state index contributed by atoms with van der Waals surface area (Å²) in [5.41, 5.74) is 4.68.